The molecule has 0 radical (unpaired) electrons. The van der Waals surface area contributed by atoms with Gasteiger partial charge in [0, 0.05) is 6.61 Å². The van der Waals surface area contributed by atoms with Crippen molar-refractivity contribution >= 4 is 32.8 Å². The minimum Gasteiger partial charge on any atom is -0.424 e. The fourth-order valence-electron chi connectivity index (χ4n) is 0.687. The van der Waals surface area contributed by atoms with Gasteiger partial charge in [-0.3, -0.25) is 0 Å². The summed E-state index contributed by atoms with van der Waals surface area (Å²) in [5, 5.41) is 0. The normalized spacial score (nSPS) is 24.0. The Morgan fingerprint density at radius 3 is 2.29 bits per heavy atom. The Bertz CT molecular complexity index is 27.2. The van der Waals surface area contributed by atoms with Crippen LogP contribution in [-0.2, 0) is 4.43 Å². The van der Waals surface area contributed by atoms with Crippen LogP contribution in [0.4, 0.5) is 0 Å². The van der Waals surface area contributed by atoms with Crippen LogP contribution in [0.2, 0.25) is 6.04 Å². The maximum absolute atomic E-state index is 5.21. The lowest BCUT2D eigenvalue weighted by molar-refractivity contribution is 0.304. The third-order valence-electron chi connectivity index (χ3n) is 1.08. The lowest BCUT2D eigenvalue weighted by Crippen LogP contribution is -2.06. The largest absolute Gasteiger partial charge is 0.424 e. The molecule has 1 aliphatic heterocycles. The minimum atomic E-state index is 0. The van der Waals surface area contributed by atoms with Gasteiger partial charge in [0.1, 0.15) is 0 Å². The van der Waals surface area contributed by atoms with Gasteiger partial charge in [-0.25, -0.2) is 0 Å². The SMILES string of the molecule is C1CC[SiH2]OC1.[MgH2]. The molecule has 0 N–H and O–H groups in total. The van der Waals surface area contributed by atoms with Crippen molar-refractivity contribution in [1.29, 1.82) is 0 Å². The van der Waals surface area contributed by atoms with Gasteiger partial charge in [0.05, 0.1) is 0 Å². The Kier molecular flexibility index (Phi) is 5.77. The summed E-state index contributed by atoms with van der Waals surface area (Å²) in [4.78, 5) is 0. The van der Waals surface area contributed by atoms with Crippen LogP contribution >= 0.6 is 0 Å². The average Bonchev–Trinajstić information content (AvgIpc) is 1.72. The van der Waals surface area contributed by atoms with E-state index in [0.29, 0.717) is 0 Å². The van der Waals surface area contributed by atoms with E-state index in [0.717, 1.165) is 6.61 Å². The fraction of sp³-hybridized carbons (Fsp3) is 1.00. The molecule has 1 rings (SSSR count). The summed E-state index contributed by atoms with van der Waals surface area (Å²) < 4.78 is 5.21. The van der Waals surface area contributed by atoms with Crippen molar-refractivity contribution in [3.8, 4) is 0 Å². The van der Waals surface area contributed by atoms with E-state index in [1.165, 1.54) is 18.9 Å². The third-order valence-corrected chi connectivity index (χ3v) is 2.44. The summed E-state index contributed by atoms with van der Waals surface area (Å²) in [7, 11) is 0.00849. The molecule has 1 nitrogen and oxygen atoms in total. The van der Waals surface area contributed by atoms with Crippen LogP contribution in [0, 0.1) is 0 Å². The first-order chi connectivity index (χ1) is 3.00. The van der Waals surface area contributed by atoms with E-state index in [1.807, 2.05) is 0 Å². The van der Waals surface area contributed by atoms with Gasteiger partial charge in [-0.15, -0.1) is 0 Å². The van der Waals surface area contributed by atoms with Gasteiger partial charge in [0.15, 0.2) is 9.76 Å². The molecule has 0 bridgehead atoms. The Labute approximate surface area is 62.9 Å². The molecule has 0 atom stereocenters. The van der Waals surface area contributed by atoms with E-state index in [4.69, 9.17) is 4.43 Å². The summed E-state index contributed by atoms with van der Waals surface area (Å²) >= 11 is 0. The van der Waals surface area contributed by atoms with Crippen LogP contribution in [0.25, 0.3) is 0 Å². The molecular formula is C4H12MgOSi. The van der Waals surface area contributed by atoms with Gasteiger partial charge >= 0.3 is 23.1 Å². The molecule has 0 saturated carbocycles. The molecular weight excluding hydrogens is 116 g/mol. The molecule has 0 aliphatic carbocycles. The Hall–Kier alpha value is 0.943. The summed E-state index contributed by atoms with van der Waals surface area (Å²) in [5.74, 6) is 0. The highest BCUT2D eigenvalue weighted by Crippen LogP contribution is 2.01. The third kappa shape index (κ3) is 3.52. The Morgan fingerprint density at radius 1 is 1.29 bits per heavy atom. The van der Waals surface area contributed by atoms with E-state index in [-0.39, 0.29) is 32.8 Å². The highest BCUT2D eigenvalue weighted by molar-refractivity contribution is 6.27. The first kappa shape index (κ1) is 7.94. The highest BCUT2D eigenvalue weighted by Gasteiger charge is 1.96. The molecule has 7 heavy (non-hydrogen) atoms. The van der Waals surface area contributed by atoms with Crippen LogP contribution in [0.1, 0.15) is 12.8 Å². The topological polar surface area (TPSA) is 9.23 Å². The highest BCUT2D eigenvalue weighted by atomic mass is 28.2. The fourth-order valence-corrected chi connectivity index (χ4v) is 1.86. The Morgan fingerprint density at radius 2 is 2.14 bits per heavy atom. The summed E-state index contributed by atoms with van der Waals surface area (Å²) in [6, 6.07) is 1.42. The summed E-state index contributed by atoms with van der Waals surface area (Å²) in [6.45, 7) is 1.06. The van der Waals surface area contributed by atoms with E-state index in [2.05, 4.69) is 0 Å². The number of rotatable bonds is 0. The van der Waals surface area contributed by atoms with Crippen molar-refractivity contribution in [2.24, 2.45) is 0 Å². The van der Waals surface area contributed by atoms with E-state index < -0.39 is 0 Å². The van der Waals surface area contributed by atoms with Crippen molar-refractivity contribution in [3.63, 3.8) is 0 Å². The zero-order valence-corrected chi connectivity index (χ0v) is 5.36. The monoisotopic (exact) mass is 128 g/mol. The lowest BCUT2D eigenvalue weighted by Gasteiger charge is -2.07. The van der Waals surface area contributed by atoms with Crippen molar-refractivity contribution in [2.45, 2.75) is 18.9 Å². The molecule has 0 amide bonds. The van der Waals surface area contributed by atoms with Crippen LogP contribution in [0.3, 0.4) is 0 Å². The second kappa shape index (κ2) is 5.09. The number of hydrogen-bond acceptors (Lipinski definition) is 1. The molecule has 1 fully saturated rings. The first-order valence-electron chi connectivity index (χ1n) is 2.58. The zero-order chi connectivity index (χ0) is 4.24. The molecule has 0 aromatic rings. The van der Waals surface area contributed by atoms with Crippen LogP contribution in [0.15, 0.2) is 0 Å². The predicted octanol–water partition coefficient (Wildman–Crippen LogP) is -0.617. The minimum absolute atomic E-state index is 0. The van der Waals surface area contributed by atoms with Gasteiger partial charge in [-0.2, -0.15) is 0 Å². The van der Waals surface area contributed by atoms with Gasteiger partial charge < -0.3 is 4.43 Å². The molecule has 40 valence electrons. The maximum atomic E-state index is 5.21. The standard InChI is InChI=1S/C4H10OSi.Mg.2H/c1-2-4-6-5-3-1;;;/h1-4,6H2;;;. The van der Waals surface area contributed by atoms with Gasteiger partial charge in [-0.05, 0) is 12.5 Å². The summed E-state index contributed by atoms with van der Waals surface area (Å²) in [6.07, 6.45) is 2.75. The van der Waals surface area contributed by atoms with Crippen LogP contribution < -0.4 is 0 Å². The van der Waals surface area contributed by atoms with Gasteiger partial charge in [0.25, 0.3) is 0 Å². The van der Waals surface area contributed by atoms with E-state index >= 15 is 0 Å². The van der Waals surface area contributed by atoms with E-state index in [1.54, 1.807) is 0 Å². The van der Waals surface area contributed by atoms with E-state index in [9.17, 15) is 0 Å². The first-order valence-corrected chi connectivity index (χ1v) is 4.15. The molecule has 1 heterocycles. The quantitative estimate of drug-likeness (QED) is 0.395. The molecule has 1 saturated heterocycles. The molecule has 3 heteroatoms. The second-order valence-corrected chi connectivity index (χ2v) is 3.20. The molecule has 0 spiro atoms. The molecule has 0 aromatic heterocycles. The number of hydrogen-bond donors (Lipinski definition) is 0. The van der Waals surface area contributed by atoms with Gasteiger partial charge in [-0.1, -0.05) is 6.42 Å². The lowest BCUT2D eigenvalue weighted by atomic mass is 10.4. The van der Waals surface area contributed by atoms with Crippen molar-refractivity contribution in [2.75, 3.05) is 6.61 Å². The predicted molar refractivity (Wildman–Crippen MR) is 37.1 cm³/mol. The van der Waals surface area contributed by atoms with Crippen LogP contribution in [-0.4, -0.2) is 39.4 Å². The zero-order valence-electron chi connectivity index (χ0n) is 3.94. The van der Waals surface area contributed by atoms with Crippen LogP contribution in [0.5, 0.6) is 0 Å². The maximum Gasteiger partial charge on any atom is 0.316 e. The Balaban J connectivity index is 0.000000360. The van der Waals surface area contributed by atoms with Crippen molar-refractivity contribution in [3.05, 3.63) is 0 Å². The van der Waals surface area contributed by atoms with Crippen molar-refractivity contribution in [1.82, 2.24) is 0 Å². The summed E-state index contributed by atoms with van der Waals surface area (Å²) in [5.41, 5.74) is 0. The van der Waals surface area contributed by atoms with Crippen molar-refractivity contribution < 1.29 is 4.43 Å². The second-order valence-electron chi connectivity index (χ2n) is 1.67. The molecule has 0 aromatic carbocycles. The average molecular weight is 129 g/mol. The molecule has 0 unspecified atom stereocenters. The smallest absolute Gasteiger partial charge is 0.316 e. The van der Waals surface area contributed by atoms with Gasteiger partial charge in [0.2, 0.25) is 0 Å². The molecule has 1 aliphatic rings.